The Morgan fingerprint density at radius 1 is 1.08 bits per heavy atom. The monoisotopic (exact) mass is 365 g/mol. The number of benzene rings is 1. The van der Waals surface area contributed by atoms with Gasteiger partial charge in [0.1, 0.15) is 0 Å². The summed E-state index contributed by atoms with van der Waals surface area (Å²) in [6.45, 7) is 3.60. The number of urea groups is 1. The van der Waals surface area contributed by atoms with Gasteiger partial charge in [-0.1, -0.05) is 31.9 Å². The number of sulfonamides is 1. The Morgan fingerprint density at radius 3 is 2.24 bits per heavy atom. The number of aryl methyl sites for hydroxylation is 1. The summed E-state index contributed by atoms with van der Waals surface area (Å²) in [5.41, 5.74) is 1.12. The van der Waals surface area contributed by atoms with Gasteiger partial charge in [0.05, 0.1) is 4.90 Å². The van der Waals surface area contributed by atoms with E-state index in [1.54, 1.807) is 17.0 Å². The van der Waals surface area contributed by atoms with Crippen molar-refractivity contribution in [1.82, 2.24) is 14.5 Å². The summed E-state index contributed by atoms with van der Waals surface area (Å²) >= 11 is 0. The third-order valence-corrected chi connectivity index (χ3v) is 7.09. The van der Waals surface area contributed by atoms with E-state index in [1.165, 1.54) is 17.1 Å². The van der Waals surface area contributed by atoms with Crippen LogP contribution in [0.5, 0.6) is 0 Å². The van der Waals surface area contributed by atoms with Gasteiger partial charge in [-0.15, -0.1) is 0 Å². The lowest BCUT2D eigenvalue weighted by molar-refractivity contribution is 0.169. The molecule has 1 aliphatic heterocycles. The van der Waals surface area contributed by atoms with Crippen molar-refractivity contribution in [3.8, 4) is 0 Å². The molecule has 1 aromatic rings. The van der Waals surface area contributed by atoms with Gasteiger partial charge in [0.25, 0.3) is 0 Å². The van der Waals surface area contributed by atoms with E-state index in [2.05, 4.69) is 5.32 Å². The second-order valence-corrected chi connectivity index (χ2v) is 8.76. The minimum atomic E-state index is -3.48. The Hall–Kier alpha value is -1.60. The standard InChI is InChI=1S/C18H27N3O3S/c1-2-15-7-9-17(10-8-15)25(23,24)21-13-11-20(12-14-21)18(22)19-16-5-3-4-6-16/h7-10,16H,2-6,11-14H2,1H3,(H,19,22). The van der Waals surface area contributed by atoms with Crippen LogP contribution in [0.15, 0.2) is 29.2 Å². The van der Waals surface area contributed by atoms with Crippen molar-refractivity contribution >= 4 is 16.1 Å². The molecule has 0 radical (unpaired) electrons. The van der Waals surface area contributed by atoms with Gasteiger partial charge in [-0.25, -0.2) is 13.2 Å². The average Bonchev–Trinajstić information content (AvgIpc) is 3.15. The fraction of sp³-hybridized carbons (Fsp3) is 0.611. The van der Waals surface area contributed by atoms with Gasteiger partial charge in [0.2, 0.25) is 10.0 Å². The first-order chi connectivity index (χ1) is 12.0. The molecule has 6 nitrogen and oxygen atoms in total. The van der Waals surface area contributed by atoms with Crippen molar-refractivity contribution in [2.45, 2.75) is 50.0 Å². The third-order valence-electron chi connectivity index (χ3n) is 5.18. The second kappa shape index (κ2) is 7.74. The highest BCUT2D eigenvalue weighted by atomic mass is 32.2. The van der Waals surface area contributed by atoms with Gasteiger partial charge in [-0.3, -0.25) is 0 Å². The molecule has 1 aliphatic carbocycles. The molecule has 1 N–H and O–H groups in total. The van der Waals surface area contributed by atoms with Crippen molar-refractivity contribution in [3.05, 3.63) is 29.8 Å². The number of carbonyl (C=O) groups is 1. The van der Waals surface area contributed by atoms with Crippen molar-refractivity contribution in [2.24, 2.45) is 0 Å². The fourth-order valence-electron chi connectivity index (χ4n) is 3.51. The molecule has 0 atom stereocenters. The van der Waals surface area contributed by atoms with Gasteiger partial charge in [0, 0.05) is 32.2 Å². The minimum absolute atomic E-state index is 0.0590. The molecular weight excluding hydrogens is 338 g/mol. The number of hydrogen-bond donors (Lipinski definition) is 1. The van der Waals surface area contributed by atoms with Crippen LogP contribution in [0.25, 0.3) is 0 Å². The number of amides is 2. The van der Waals surface area contributed by atoms with E-state index in [0.29, 0.717) is 31.1 Å². The highest BCUT2D eigenvalue weighted by Crippen LogP contribution is 2.20. The third kappa shape index (κ3) is 4.15. The number of hydrogen-bond acceptors (Lipinski definition) is 3. The maximum atomic E-state index is 12.7. The number of rotatable bonds is 4. The Labute approximate surface area is 150 Å². The molecule has 1 aromatic carbocycles. The summed E-state index contributed by atoms with van der Waals surface area (Å²) in [6.07, 6.45) is 5.33. The van der Waals surface area contributed by atoms with Crippen LogP contribution in [0.3, 0.4) is 0 Å². The first-order valence-electron chi connectivity index (χ1n) is 9.15. The van der Waals surface area contributed by atoms with E-state index in [1.807, 2.05) is 19.1 Å². The summed E-state index contributed by atoms with van der Waals surface area (Å²) in [7, 11) is -3.48. The number of nitrogens with zero attached hydrogens (tertiary/aromatic N) is 2. The molecular formula is C18H27N3O3S. The van der Waals surface area contributed by atoms with E-state index in [-0.39, 0.29) is 12.1 Å². The van der Waals surface area contributed by atoms with Crippen molar-refractivity contribution < 1.29 is 13.2 Å². The lowest BCUT2D eigenvalue weighted by atomic mass is 10.2. The van der Waals surface area contributed by atoms with Crippen LogP contribution < -0.4 is 5.32 Å². The zero-order valence-corrected chi connectivity index (χ0v) is 15.6. The SMILES string of the molecule is CCc1ccc(S(=O)(=O)N2CCN(C(=O)NC3CCCC3)CC2)cc1. The van der Waals surface area contributed by atoms with Crippen molar-refractivity contribution in [1.29, 1.82) is 0 Å². The number of piperazine rings is 1. The molecule has 2 amide bonds. The van der Waals surface area contributed by atoms with Crippen LogP contribution in [-0.2, 0) is 16.4 Å². The summed E-state index contributed by atoms with van der Waals surface area (Å²) in [6, 6.07) is 7.29. The fourth-order valence-corrected chi connectivity index (χ4v) is 4.94. The smallest absolute Gasteiger partial charge is 0.317 e. The summed E-state index contributed by atoms with van der Waals surface area (Å²) < 4.78 is 27.0. The van der Waals surface area contributed by atoms with E-state index >= 15 is 0 Å². The van der Waals surface area contributed by atoms with Crippen LogP contribution in [0.4, 0.5) is 4.79 Å². The largest absolute Gasteiger partial charge is 0.335 e. The van der Waals surface area contributed by atoms with Gasteiger partial charge < -0.3 is 10.2 Å². The number of nitrogens with one attached hydrogen (secondary N) is 1. The Balaban J connectivity index is 1.57. The first kappa shape index (κ1) is 18.2. The van der Waals surface area contributed by atoms with E-state index in [4.69, 9.17) is 0 Å². The molecule has 1 saturated heterocycles. The van der Waals surface area contributed by atoms with Gasteiger partial charge in [-0.2, -0.15) is 4.31 Å². The Bertz CT molecular complexity index is 689. The molecule has 0 bridgehead atoms. The van der Waals surface area contributed by atoms with Crippen molar-refractivity contribution in [2.75, 3.05) is 26.2 Å². The second-order valence-electron chi connectivity index (χ2n) is 6.82. The topological polar surface area (TPSA) is 69.7 Å². The molecule has 0 spiro atoms. The van der Waals surface area contributed by atoms with E-state index in [9.17, 15) is 13.2 Å². The minimum Gasteiger partial charge on any atom is -0.335 e. The zero-order chi connectivity index (χ0) is 17.9. The maximum absolute atomic E-state index is 12.7. The van der Waals surface area contributed by atoms with Crippen LogP contribution in [0.2, 0.25) is 0 Å². The molecule has 1 heterocycles. The lowest BCUT2D eigenvalue weighted by Gasteiger charge is -2.34. The molecule has 0 aromatic heterocycles. The predicted molar refractivity (Wildman–Crippen MR) is 96.9 cm³/mol. The molecule has 7 heteroatoms. The first-order valence-corrected chi connectivity index (χ1v) is 10.6. The highest BCUT2D eigenvalue weighted by molar-refractivity contribution is 7.89. The van der Waals surface area contributed by atoms with E-state index in [0.717, 1.165) is 24.8 Å². The molecule has 25 heavy (non-hydrogen) atoms. The summed E-state index contributed by atoms with van der Waals surface area (Å²) in [4.78, 5) is 14.4. The van der Waals surface area contributed by atoms with Crippen molar-refractivity contribution in [3.63, 3.8) is 0 Å². The zero-order valence-electron chi connectivity index (χ0n) is 14.8. The molecule has 2 aliphatic rings. The molecule has 1 saturated carbocycles. The summed E-state index contributed by atoms with van der Waals surface area (Å²) in [5, 5.41) is 3.07. The molecule has 2 fully saturated rings. The van der Waals surface area contributed by atoms with Crippen LogP contribution in [-0.4, -0.2) is 55.9 Å². The molecule has 138 valence electrons. The normalized spacial score (nSPS) is 20.0. The van der Waals surface area contributed by atoms with Crippen LogP contribution in [0, 0.1) is 0 Å². The molecule has 0 unspecified atom stereocenters. The van der Waals surface area contributed by atoms with E-state index < -0.39 is 10.0 Å². The highest BCUT2D eigenvalue weighted by Gasteiger charge is 2.30. The molecule has 3 rings (SSSR count). The maximum Gasteiger partial charge on any atom is 0.317 e. The van der Waals surface area contributed by atoms with Crippen LogP contribution >= 0.6 is 0 Å². The quantitative estimate of drug-likeness (QED) is 0.889. The van der Waals surface area contributed by atoms with Gasteiger partial charge in [-0.05, 0) is 37.0 Å². The number of carbonyl (C=O) groups excluding carboxylic acids is 1. The lowest BCUT2D eigenvalue weighted by Crippen LogP contribution is -2.54. The summed E-state index contributed by atoms with van der Waals surface area (Å²) in [5.74, 6) is 0. The predicted octanol–water partition coefficient (Wildman–Crippen LogP) is 2.21. The Kier molecular flexibility index (Phi) is 5.64. The van der Waals surface area contributed by atoms with Gasteiger partial charge >= 0.3 is 6.03 Å². The Morgan fingerprint density at radius 2 is 1.68 bits per heavy atom. The van der Waals surface area contributed by atoms with Gasteiger partial charge in [0.15, 0.2) is 0 Å². The average molecular weight is 365 g/mol. The van der Waals surface area contributed by atoms with Crippen LogP contribution in [0.1, 0.15) is 38.2 Å².